The summed E-state index contributed by atoms with van der Waals surface area (Å²) in [6.45, 7) is 4.40. The van der Waals surface area contributed by atoms with Gasteiger partial charge in [0.15, 0.2) is 0 Å². The van der Waals surface area contributed by atoms with Gasteiger partial charge < -0.3 is 5.32 Å². The predicted octanol–water partition coefficient (Wildman–Crippen LogP) is 2.05. The molecule has 2 aliphatic rings. The number of piperidine rings is 1. The van der Waals surface area contributed by atoms with E-state index in [4.69, 9.17) is 0 Å². The van der Waals surface area contributed by atoms with Gasteiger partial charge in [0.2, 0.25) is 15.9 Å². The molecule has 1 saturated heterocycles. The van der Waals surface area contributed by atoms with Crippen LogP contribution in [0.1, 0.15) is 30.4 Å². The van der Waals surface area contributed by atoms with Gasteiger partial charge in [0.25, 0.3) is 0 Å². The number of hydrogen-bond acceptors (Lipinski definition) is 5. The van der Waals surface area contributed by atoms with Crippen molar-refractivity contribution in [3.8, 4) is 0 Å². The number of aromatic nitrogens is 1. The molecule has 1 amide bonds. The first kappa shape index (κ1) is 21.9. The lowest BCUT2D eigenvalue weighted by Crippen LogP contribution is -2.43. The van der Waals surface area contributed by atoms with Crippen molar-refractivity contribution in [2.45, 2.75) is 37.1 Å². The summed E-state index contributed by atoms with van der Waals surface area (Å²) in [5.74, 6) is -0.0790. The van der Waals surface area contributed by atoms with Gasteiger partial charge in [-0.15, -0.1) is 0 Å². The lowest BCUT2D eigenvalue weighted by atomic mass is 9.97. The second kappa shape index (κ2) is 9.89. The van der Waals surface area contributed by atoms with Gasteiger partial charge in [-0.1, -0.05) is 24.3 Å². The lowest BCUT2D eigenvalue weighted by molar-refractivity contribution is -0.126. The molecule has 0 saturated carbocycles. The first-order chi connectivity index (χ1) is 15.0. The topological polar surface area (TPSA) is 82.6 Å². The van der Waals surface area contributed by atoms with Gasteiger partial charge in [-0.05, 0) is 48.9 Å². The first-order valence-corrected chi connectivity index (χ1v) is 12.4. The Bertz CT molecular complexity index is 989. The van der Waals surface area contributed by atoms with E-state index >= 15 is 0 Å². The molecule has 0 bridgehead atoms. The van der Waals surface area contributed by atoms with Gasteiger partial charge in [-0.3, -0.25) is 14.7 Å². The van der Waals surface area contributed by atoms with Crippen LogP contribution in [0.2, 0.25) is 0 Å². The highest BCUT2D eigenvalue weighted by Gasteiger charge is 2.32. The zero-order chi connectivity index (χ0) is 21.7. The summed E-state index contributed by atoms with van der Waals surface area (Å²) < 4.78 is 26.8. The van der Waals surface area contributed by atoms with Gasteiger partial charge in [0.05, 0.1) is 0 Å². The standard InChI is InChI=1S/C23H30N4O3S/c28-23(25-12-4-13-26-14-8-19-5-1-2-6-21(19)18-26)20-9-15-27(16-10-20)31(29,30)22-7-3-11-24-17-22/h1-3,5-7,11,17,20H,4,8-10,12-16,18H2,(H,25,28). The highest BCUT2D eigenvalue weighted by atomic mass is 32.2. The molecular weight excluding hydrogens is 412 g/mol. The van der Waals surface area contributed by atoms with Crippen LogP contribution in [-0.2, 0) is 27.8 Å². The predicted molar refractivity (Wildman–Crippen MR) is 119 cm³/mol. The minimum absolute atomic E-state index is 0.0439. The van der Waals surface area contributed by atoms with Crippen molar-refractivity contribution in [1.82, 2.24) is 19.5 Å². The third-order valence-electron chi connectivity index (χ3n) is 6.26. The van der Waals surface area contributed by atoms with E-state index in [2.05, 4.69) is 39.5 Å². The Kier molecular flexibility index (Phi) is 6.99. The SMILES string of the molecule is O=C(NCCCN1CCc2ccccc2C1)C1CCN(S(=O)(=O)c2cccnc2)CC1. The van der Waals surface area contributed by atoms with Crippen LogP contribution in [0.3, 0.4) is 0 Å². The van der Waals surface area contributed by atoms with Gasteiger partial charge >= 0.3 is 0 Å². The molecule has 0 unspecified atom stereocenters. The van der Waals surface area contributed by atoms with Crippen molar-refractivity contribution in [1.29, 1.82) is 0 Å². The zero-order valence-corrected chi connectivity index (χ0v) is 18.6. The Balaban J connectivity index is 1.17. The molecule has 1 aromatic carbocycles. The minimum atomic E-state index is -3.53. The maximum Gasteiger partial charge on any atom is 0.244 e. The van der Waals surface area contributed by atoms with E-state index in [0.717, 1.165) is 32.5 Å². The molecule has 1 aromatic heterocycles. The van der Waals surface area contributed by atoms with E-state index < -0.39 is 10.0 Å². The van der Waals surface area contributed by atoms with Crippen LogP contribution < -0.4 is 5.32 Å². The van der Waals surface area contributed by atoms with Gasteiger partial charge in [-0.2, -0.15) is 4.31 Å². The van der Waals surface area contributed by atoms with Crippen LogP contribution in [0.4, 0.5) is 0 Å². The molecule has 3 heterocycles. The van der Waals surface area contributed by atoms with Crippen molar-refractivity contribution in [2.75, 3.05) is 32.7 Å². The van der Waals surface area contributed by atoms with Gasteiger partial charge in [0, 0.05) is 57.6 Å². The number of hydrogen-bond donors (Lipinski definition) is 1. The Morgan fingerprint density at radius 1 is 1.06 bits per heavy atom. The van der Waals surface area contributed by atoms with E-state index in [1.54, 1.807) is 18.3 Å². The quantitative estimate of drug-likeness (QED) is 0.664. The smallest absolute Gasteiger partial charge is 0.244 e. The number of benzene rings is 1. The van der Waals surface area contributed by atoms with Crippen molar-refractivity contribution in [3.05, 3.63) is 59.9 Å². The number of pyridine rings is 1. The number of rotatable bonds is 7. The average Bonchev–Trinajstić information content (AvgIpc) is 2.82. The minimum Gasteiger partial charge on any atom is -0.356 e. The number of carbonyl (C=O) groups excluding carboxylic acids is 1. The Labute approximate surface area is 184 Å². The highest BCUT2D eigenvalue weighted by Crippen LogP contribution is 2.23. The number of sulfonamides is 1. The molecule has 7 nitrogen and oxygen atoms in total. The molecule has 0 spiro atoms. The lowest BCUT2D eigenvalue weighted by Gasteiger charge is -2.30. The van der Waals surface area contributed by atoms with Crippen molar-refractivity contribution >= 4 is 15.9 Å². The third kappa shape index (κ3) is 5.31. The summed E-state index contributed by atoms with van der Waals surface area (Å²) in [7, 11) is -3.53. The number of nitrogens with one attached hydrogen (secondary N) is 1. The monoisotopic (exact) mass is 442 g/mol. The summed E-state index contributed by atoms with van der Waals surface area (Å²) >= 11 is 0. The van der Waals surface area contributed by atoms with Gasteiger partial charge in [-0.25, -0.2) is 8.42 Å². The maximum atomic E-state index is 12.7. The van der Waals surface area contributed by atoms with Crippen LogP contribution in [0, 0.1) is 5.92 Å². The van der Waals surface area contributed by atoms with E-state index in [0.29, 0.717) is 32.5 Å². The molecule has 0 aliphatic carbocycles. The molecule has 2 aliphatic heterocycles. The summed E-state index contributed by atoms with van der Waals surface area (Å²) in [5.41, 5.74) is 2.86. The Morgan fingerprint density at radius 3 is 2.58 bits per heavy atom. The van der Waals surface area contributed by atoms with Crippen LogP contribution >= 0.6 is 0 Å². The number of carbonyl (C=O) groups is 1. The maximum absolute atomic E-state index is 12.7. The largest absolute Gasteiger partial charge is 0.356 e. The second-order valence-corrected chi connectivity index (χ2v) is 10.2. The fourth-order valence-corrected chi connectivity index (χ4v) is 5.84. The summed E-state index contributed by atoms with van der Waals surface area (Å²) in [5, 5.41) is 3.05. The molecule has 166 valence electrons. The Morgan fingerprint density at radius 2 is 1.84 bits per heavy atom. The fraction of sp³-hybridized carbons (Fsp3) is 0.478. The van der Waals surface area contributed by atoms with Crippen LogP contribution in [0.15, 0.2) is 53.7 Å². The average molecular weight is 443 g/mol. The second-order valence-electron chi connectivity index (χ2n) is 8.31. The van der Waals surface area contributed by atoms with Crippen molar-refractivity contribution in [3.63, 3.8) is 0 Å². The van der Waals surface area contributed by atoms with Crippen LogP contribution in [0.25, 0.3) is 0 Å². The van der Waals surface area contributed by atoms with E-state index in [1.807, 2.05) is 0 Å². The molecule has 2 aromatic rings. The van der Waals surface area contributed by atoms with Crippen molar-refractivity contribution in [2.24, 2.45) is 5.92 Å². The number of nitrogens with zero attached hydrogens (tertiary/aromatic N) is 3. The molecule has 4 rings (SSSR count). The van der Waals surface area contributed by atoms with E-state index in [9.17, 15) is 13.2 Å². The van der Waals surface area contributed by atoms with E-state index in [1.165, 1.54) is 21.6 Å². The number of fused-ring (bicyclic) bond motifs is 1. The summed E-state index contributed by atoms with van der Waals surface area (Å²) in [6, 6.07) is 11.8. The molecule has 1 N–H and O–H groups in total. The van der Waals surface area contributed by atoms with Gasteiger partial charge in [0.1, 0.15) is 4.90 Å². The van der Waals surface area contributed by atoms with Crippen LogP contribution in [0.5, 0.6) is 0 Å². The normalized spacial score (nSPS) is 18.5. The first-order valence-electron chi connectivity index (χ1n) is 11.0. The molecule has 0 atom stereocenters. The molecule has 31 heavy (non-hydrogen) atoms. The number of amides is 1. The highest BCUT2D eigenvalue weighted by molar-refractivity contribution is 7.89. The van der Waals surface area contributed by atoms with Crippen molar-refractivity contribution < 1.29 is 13.2 Å². The Hall–Kier alpha value is -2.29. The summed E-state index contributed by atoms with van der Waals surface area (Å²) in [4.78, 5) is 19.1. The summed E-state index contributed by atoms with van der Waals surface area (Å²) in [6.07, 6.45) is 6.03. The molecule has 0 radical (unpaired) electrons. The molecule has 1 fully saturated rings. The fourth-order valence-electron chi connectivity index (χ4n) is 4.41. The van der Waals surface area contributed by atoms with Crippen LogP contribution in [-0.4, -0.2) is 61.2 Å². The van der Waals surface area contributed by atoms with E-state index in [-0.39, 0.29) is 16.7 Å². The molecular formula is C23H30N4O3S. The molecule has 8 heteroatoms. The third-order valence-corrected chi connectivity index (χ3v) is 8.14. The zero-order valence-electron chi connectivity index (χ0n) is 17.7.